The third kappa shape index (κ3) is 2.56. The molecule has 0 saturated carbocycles. The van der Waals surface area contributed by atoms with E-state index in [4.69, 9.17) is 0 Å². The average Bonchev–Trinajstić information content (AvgIpc) is 2.99. The molecular formula is C19H17FN4O2. The molecule has 1 aromatic carbocycles. The molecule has 7 heteroatoms. The topological polar surface area (TPSA) is 74.7 Å². The monoisotopic (exact) mass is 352 g/mol. The highest BCUT2D eigenvalue weighted by Crippen LogP contribution is 2.39. The molecule has 1 fully saturated rings. The van der Waals surface area contributed by atoms with Crippen molar-refractivity contribution in [2.75, 3.05) is 13.1 Å². The second-order valence-electron chi connectivity index (χ2n) is 6.49. The number of carbonyl (C=O) groups is 2. The summed E-state index contributed by atoms with van der Waals surface area (Å²) in [5, 5.41) is 4.23. The Morgan fingerprint density at radius 1 is 1.12 bits per heavy atom. The standard InChI is InChI=1S/C19H17FN4O2/c20-15-4-2-1-3-14(15)17(25)24-11-7-19(8-12-24)16(22-23-18(19)26)13-5-9-21-10-6-13/h1-6,9-10H,7-8,11-12H2,(H,23,26). The molecule has 2 aliphatic rings. The van der Waals surface area contributed by atoms with Gasteiger partial charge in [-0.15, -0.1) is 0 Å². The number of hydrogen-bond acceptors (Lipinski definition) is 4. The van der Waals surface area contributed by atoms with E-state index < -0.39 is 11.2 Å². The molecule has 0 radical (unpaired) electrons. The number of hydrogen-bond donors (Lipinski definition) is 1. The fourth-order valence-corrected chi connectivity index (χ4v) is 3.64. The molecule has 132 valence electrons. The van der Waals surface area contributed by atoms with Gasteiger partial charge in [-0.2, -0.15) is 5.10 Å². The molecule has 3 heterocycles. The normalized spacial score (nSPS) is 18.6. The van der Waals surface area contributed by atoms with Gasteiger partial charge in [0.25, 0.3) is 11.8 Å². The Balaban J connectivity index is 1.55. The fraction of sp³-hybridized carbons (Fsp3) is 0.263. The van der Waals surface area contributed by atoms with E-state index in [-0.39, 0.29) is 17.4 Å². The Morgan fingerprint density at radius 3 is 2.50 bits per heavy atom. The van der Waals surface area contributed by atoms with Gasteiger partial charge in [-0.05, 0) is 37.1 Å². The summed E-state index contributed by atoms with van der Waals surface area (Å²) in [6, 6.07) is 9.58. The first-order chi connectivity index (χ1) is 12.6. The zero-order chi connectivity index (χ0) is 18.1. The zero-order valence-corrected chi connectivity index (χ0v) is 14.0. The van der Waals surface area contributed by atoms with E-state index in [1.54, 1.807) is 29.4 Å². The van der Waals surface area contributed by atoms with Crippen molar-refractivity contribution in [3.63, 3.8) is 0 Å². The van der Waals surface area contributed by atoms with Crippen molar-refractivity contribution in [3.05, 3.63) is 65.7 Å². The van der Waals surface area contributed by atoms with Crippen molar-refractivity contribution in [2.24, 2.45) is 10.5 Å². The summed E-state index contributed by atoms with van der Waals surface area (Å²) >= 11 is 0. The summed E-state index contributed by atoms with van der Waals surface area (Å²) < 4.78 is 13.9. The molecule has 1 saturated heterocycles. The summed E-state index contributed by atoms with van der Waals surface area (Å²) in [7, 11) is 0. The lowest BCUT2D eigenvalue weighted by atomic mass is 9.72. The van der Waals surface area contributed by atoms with Crippen LogP contribution in [0.4, 0.5) is 4.39 Å². The van der Waals surface area contributed by atoms with Crippen LogP contribution in [-0.2, 0) is 4.79 Å². The van der Waals surface area contributed by atoms with Crippen LogP contribution >= 0.6 is 0 Å². The van der Waals surface area contributed by atoms with Gasteiger partial charge in [0.15, 0.2) is 0 Å². The van der Waals surface area contributed by atoms with Gasteiger partial charge < -0.3 is 4.90 Å². The van der Waals surface area contributed by atoms with Gasteiger partial charge in [0.05, 0.1) is 16.7 Å². The molecule has 2 aromatic rings. The van der Waals surface area contributed by atoms with Crippen molar-refractivity contribution in [2.45, 2.75) is 12.8 Å². The van der Waals surface area contributed by atoms with Crippen LogP contribution in [0.25, 0.3) is 0 Å². The predicted molar refractivity (Wildman–Crippen MR) is 92.9 cm³/mol. The first kappa shape index (κ1) is 16.4. The molecular weight excluding hydrogens is 335 g/mol. The predicted octanol–water partition coefficient (Wildman–Crippen LogP) is 1.98. The van der Waals surface area contributed by atoms with Crippen LogP contribution in [0.2, 0.25) is 0 Å². The zero-order valence-electron chi connectivity index (χ0n) is 14.0. The Hall–Kier alpha value is -3.09. The Morgan fingerprint density at radius 2 is 1.81 bits per heavy atom. The lowest BCUT2D eigenvalue weighted by Crippen LogP contribution is -2.50. The number of piperidine rings is 1. The maximum Gasteiger partial charge on any atom is 0.256 e. The van der Waals surface area contributed by atoms with E-state index in [1.807, 2.05) is 12.1 Å². The SMILES string of the molecule is O=C(c1ccccc1F)N1CCC2(CC1)C(=O)NN=C2c1ccncc1. The summed E-state index contributed by atoms with van der Waals surface area (Å²) in [6.45, 7) is 0.732. The van der Waals surface area contributed by atoms with Gasteiger partial charge in [0, 0.05) is 31.0 Å². The lowest BCUT2D eigenvalue weighted by Gasteiger charge is -2.38. The van der Waals surface area contributed by atoms with Crippen LogP contribution in [0.1, 0.15) is 28.8 Å². The maximum absolute atomic E-state index is 13.9. The number of likely N-dealkylation sites (tertiary alicyclic amines) is 1. The molecule has 6 nitrogen and oxygen atoms in total. The number of benzene rings is 1. The second-order valence-corrected chi connectivity index (χ2v) is 6.49. The number of amides is 2. The van der Waals surface area contributed by atoms with Crippen molar-refractivity contribution in [3.8, 4) is 0 Å². The number of rotatable bonds is 2. The fourth-order valence-electron chi connectivity index (χ4n) is 3.64. The molecule has 2 amide bonds. The molecule has 1 aromatic heterocycles. The minimum absolute atomic E-state index is 0.0577. The van der Waals surface area contributed by atoms with Crippen LogP contribution < -0.4 is 5.43 Å². The summed E-state index contributed by atoms with van der Waals surface area (Å²) in [4.78, 5) is 30.7. The van der Waals surface area contributed by atoms with Gasteiger partial charge in [0.2, 0.25) is 0 Å². The van der Waals surface area contributed by atoms with Crippen LogP contribution in [-0.4, -0.2) is 40.5 Å². The van der Waals surface area contributed by atoms with E-state index in [9.17, 15) is 14.0 Å². The highest BCUT2D eigenvalue weighted by atomic mass is 19.1. The van der Waals surface area contributed by atoms with Crippen LogP contribution in [0.15, 0.2) is 53.9 Å². The third-order valence-electron chi connectivity index (χ3n) is 5.12. The van der Waals surface area contributed by atoms with Gasteiger partial charge >= 0.3 is 0 Å². The molecule has 0 bridgehead atoms. The highest BCUT2D eigenvalue weighted by molar-refractivity contribution is 6.19. The first-order valence-corrected chi connectivity index (χ1v) is 8.45. The smallest absolute Gasteiger partial charge is 0.256 e. The molecule has 26 heavy (non-hydrogen) atoms. The molecule has 0 atom stereocenters. The number of nitrogens with zero attached hydrogens (tertiary/aromatic N) is 3. The minimum Gasteiger partial charge on any atom is -0.338 e. The second kappa shape index (κ2) is 6.33. The van der Waals surface area contributed by atoms with Crippen molar-refractivity contribution in [1.82, 2.24) is 15.3 Å². The van der Waals surface area contributed by atoms with Crippen molar-refractivity contribution >= 4 is 17.5 Å². The number of carbonyl (C=O) groups excluding carboxylic acids is 2. The number of pyridine rings is 1. The summed E-state index contributed by atoms with van der Waals surface area (Å²) in [5.41, 5.74) is 3.40. The maximum atomic E-state index is 13.9. The van der Waals surface area contributed by atoms with Gasteiger partial charge in [-0.3, -0.25) is 14.6 Å². The molecule has 1 spiro atoms. The Bertz CT molecular complexity index is 889. The average molecular weight is 352 g/mol. The Labute approximate surface area is 149 Å². The molecule has 0 unspecified atom stereocenters. The van der Waals surface area contributed by atoms with Crippen LogP contribution in [0.3, 0.4) is 0 Å². The summed E-state index contributed by atoms with van der Waals surface area (Å²) in [5.74, 6) is -1.03. The number of halogens is 1. The van der Waals surface area contributed by atoms with E-state index in [0.29, 0.717) is 31.6 Å². The largest absolute Gasteiger partial charge is 0.338 e. The van der Waals surface area contributed by atoms with E-state index >= 15 is 0 Å². The molecule has 2 aliphatic heterocycles. The third-order valence-corrected chi connectivity index (χ3v) is 5.12. The van der Waals surface area contributed by atoms with E-state index in [0.717, 1.165) is 5.56 Å². The molecule has 1 N–H and O–H groups in total. The number of aromatic nitrogens is 1. The van der Waals surface area contributed by atoms with Gasteiger partial charge in [0.1, 0.15) is 5.82 Å². The van der Waals surface area contributed by atoms with Gasteiger partial charge in [-0.25, -0.2) is 9.82 Å². The molecule has 0 aliphatic carbocycles. The van der Waals surface area contributed by atoms with Crippen molar-refractivity contribution < 1.29 is 14.0 Å². The van der Waals surface area contributed by atoms with Gasteiger partial charge in [-0.1, -0.05) is 12.1 Å². The minimum atomic E-state index is -0.757. The quantitative estimate of drug-likeness (QED) is 0.898. The lowest BCUT2D eigenvalue weighted by molar-refractivity contribution is -0.127. The van der Waals surface area contributed by atoms with E-state index in [2.05, 4.69) is 15.5 Å². The highest BCUT2D eigenvalue weighted by Gasteiger charge is 2.50. The van der Waals surface area contributed by atoms with Crippen molar-refractivity contribution in [1.29, 1.82) is 0 Å². The van der Waals surface area contributed by atoms with Crippen LogP contribution in [0.5, 0.6) is 0 Å². The summed E-state index contributed by atoms with van der Waals surface area (Å²) in [6.07, 6.45) is 4.21. The van der Waals surface area contributed by atoms with Crippen LogP contribution in [0, 0.1) is 11.2 Å². The molecule has 4 rings (SSSR count). The van der Waals surface area contributed by atoms with E-state index in [1.165, 1.54) is 12.1 Å². The first-order valence-electron chi connectivity index (χ1n) is 8.45. The Kier molecular flexibility index (Phi) is 3.99. The number of nitrogens with one attached hydrogen (secondary N) is 1. The number of hydrazone groups is 1.